The SMILES string of the molecule is C.CC(C)(C)C.CC(C)(C)CCC(C)(C)C.CCC(C)(C)C. The maximum Gasteiger partial charge on any atom is -0.0382 e. The number of hydrogen-bond acceptors (Lipinski definition) is 0. The molecular weight excluding hydrogens is 264 g/mol. The van der Waals surface area contributed by atoms with Gasteiger partial charge in [-0.1, -0.05) is 111 Å². The highest BCUT2D eigenvalue weighted by molar-refractivity contribution is 4.68. The number of rotatable bonds is 1. The summed E-state index contributed by atoms with van der Waals surface area (Å²) in [6, 6.07) is 0. The second kappa shape index (κ2) is 11.5. The van der Waals surface area contributed by atoms with E-state index >= 15 is 0 Å². The molecule has 22 heavy (non-hydrogen) atoms. The third-order valence-corrected chi connectivity index (χ3v) is 2.69. The highest BCUT2D eigenvalue weighted by atomic mass is 14.2. The summed E-state index contributed by atoms with van der Waals surface area (Å²) in [4.78, 5) is 0. The molecule has 0 unspecified atom stereocenters. The van der Waals surface area contributed by atoms with Gasteiger partial charge in [-0.05, 0) is 34.5 Å². The van der Waals surface area contributed by atoms with Gasteiger partial charge in [0.25, 0.3) is 0 Å². The Kier molecular flexibility index (Phi) is 15.7. The molecule has 0 spiro atoms. The molecule has 0 bridgehead atoms. The lowest BCUT2D eigenvalue weighted by atomic mass is 9.81. The van der Waals surface area contributed by atoms with Crippen molar-refractivity contribution in [1.29, 1.82) is 0 Å². The van der Waals surface area contributed by atoms with E-state index in [1.54, 1.807) is 0 Å². The minimum atomic E-state index is 0. The molecule has 0 aliphatic heterocycles. The van der Waals surface area contributed by atoms with Gasteiger partial charge in [0.15, 0.2) is 0 Å². The molecule has 0 nitrogen and oxygen atoms in total. The molecule has 140 valence electrons. The van der Waals surface area contributed by atoms with E-state index in [2.05, 4.69) is 96.9 Å². The molecule has 0 aromatic heterocycles. The van der Waals surface area contributed by atoms with Crippen LogP contribution >= 0.6 is 0 Å². The van der Waals surface area contributed by atoms with E-state index in [9.17, 15) is 0 Å². The highest BCUT2D eigenvalue weighted by Gasteiger charge is 2.16. The molecule has 0 atom stereocenters. The van der Waals surface area contributed by atoms with Gasteiger partial charge in [0.2, 0.25) is 0 Å². The van der Waals surface area contributed by atoms with Crippen LogP contribution < -0.4 is 0 Å². The molecule has 0 aliphatic carbocycles. The Morgan fingerprint density at radius 3 is 0.636 bits per heavy atom. The van der Waals surface area contributed by atoms with Crippen LogP contribution in [0.1, 0.15) is 124 Å². The van der Waals surface area contributed by atoms with Gasteiger partial charge in [-0.15, -0.1) is 0 Å². The standard InChI is InChI=1S/C10H22.C6H14.C5H12.CH4/c1-9(2,3)7-8-10(4,5)6;1-5-6(2,3)4;1-5(2,3)4;/h7-8H2,1-6H3;5H2,1-4H3;1-4H3;1H4. The number of hydrogen-bond donors (Lipinski definition) is 0. The maximum atomic E-state index is 2.30. The molecule has 0 aromatic carbocycles. The smallest absolute Gasteiger partial charge is 0.0382 e. The monoisotopic (exact) mass is 316 g/mol. The van der Waals surface area contributed by atoms with E-state index in [4.69, 9.17) is 0 Å². The van der Waals surface area contributed by atoms with Crippen LogP contribution in [0.4, 0.5) is 0 Å². The second-order valence-corrected chi connectivity index (χ2v) is 11.5. The fraction of sp³-hybridized carbons (Fsp3) is 1.00. The first kappa shape index (κ1) is 29.9. The summed E-state index contributed by atoms with van der Waals surface area (Å²) < 4.78 is 0. The van der Waals surface area contributed by atoms with Crippen molar-refractivity contribution >= 4 is 0 Å². The lowest BCUT2D eigenvalue weighted by Gasteiger charge is -2.24. The fourth-order valence-electron chi connectivity index (χ4n) is 0.750. The Hall–Kier alpha value is 0. The topological polar surface area (TPSA) is 0 Å². The molecule has 0 heteroatoms. The molecule has 0 saturated heterocycles. The minimum Gasteiger partial charge on any atom is -0.0776 e. The summed E-state index contributed by atoms with van der Waals surface area (Å²) in [6.45, 7) is 31.5. The molecule has 0 saturated carbocycles. The van der Waals surface area contributed by atoms with Crippen molar-refractivity contribution in [2.24, 2.45) is 21.7 Å². The van der Waals surface area contributed by atoms with Gasteiger partial charge in [-0.25, -0.2) is 0 Å². The van der Waals surface area contributed by atoms with Crippen LogP contribution in [0.5, 0.6) is 0 Å². The van der Waals surface area contributed by atoms with Crippen molar-refractivity contribution in [2.75, 3.05) is 0 Å². The highest BCUT2D eigenvalue weighted by Crippen LogP contribution is 2.29. The average Bonchev–Trinajstić information content (AvgIpc) is 2.10. The van der Waals surface area contributed by atoms with Gasteiger partial charge in [0.1, 0.15) is 0 Å². The lowest BCUT2D eigenvalue weighted by molar-refractivity contribution is 0.275. The molecule has 0 radical (unpaired) electrons. The van der Waals surface area contributed by atoms with E-state index in [0.717, 1.165) is 0 Å². The van der Waals surface area contributed by atoms with Crippen molar-refractivity contribution in [3.8, 4) is 0 Å². The van der Waals surface area contributed by atoms with Crippen molar-refractivity contribution < 1.29 is 0 Å². The Balaban J connectivity index is -0.000000117. The molecule has 0 heterocycles. The largest absolute Gasteiger partial charge is 0.0776 e. The normalized spacial score (nSPS) is 12.3. The van der Waals surface area contributed by atoms with Crippen LogP contribution in [0.3, 0.4) is 0 Å². The third kappa shape index (κ3) is 72.2. The van der Waals surface area contributed by atoms with Crippen LogP contribution in [-0.4, -0.2) is 0 Å². The van der Waals surface area contributed by atoms with E-state index in [1.807, 2.05) is 0 Å². The summed E-state index contributed by atoms with van der Waals surface area (Å²) in [6.07, 6.45) is 3.93. The predicted octanol–water partition coefficient (Wildman–Crippen LogP) is 8.99. The summed E-state index contributed by atoms with van der Waals surface area (Å²) in [5.74, 6) is 0. The van der Waals surface area contributed by atoms with Crippen molar-refractivity contribution in [2.45, 2.75) is 124 Å². The van der Waals surface area contributed by atoms with Crippen LogP contribution in [0, 0.1) is 21.7 Å². The van der Waals surface area contributed by atoms with Crippen LogP contribution in [0.25, 0.3) is 0 Å². The summed E-state index contributed by atoms with van der Waals surface area (Å²) >= 11 is 0. The minimum absolute atomic E-state index is 0. The van der Waals surface area contributed by atoms with Gasteiger partial charge in [-0.3, -0.25) is 0 Å². The zero-order valence-electron chi connectivity index (χ0n) is 18.1. The van der Waals surface area contributed by atoms with Crippen molar-refractivity contribution in [3.05, 3.63) is 0 Å². The zero-order chi connectivity index (χ0) is 18.1. The Morgan fingerprint density at radius 1 is 0.455 bits per heavy atom. The molecule has 0 aliphatic rings. The first-order chi connectivity index (χ1) is 8.77. The van der Waals surface area contributed by atoms with Gasteiger partial charge in [0, 0.05) is 0 Å². The van der Waals surface area contributed by atoms with Crippen LogP contribution in [0.15, 0.2) is 0 Å². The van der Waals surface area contributed by atoms with E-state index in [0.29, 0.717) is 21.7 Å². The third-order valence-electron chi connectivity index (χ3n) is 2.69. The molecule has 0 aromatic rings. The van der Waals surface area contributed by atoms with E-state index in [-0.39, 0.29) is 7.43 Å². The Morgan fingerprint density at radius 2 is 0.591 bits per heavy atom. The van der Waals surface area contributed by atoms with Gasteiger partial charge in [-0.2, -0.15) is 0 Å². The van der Waals surface area contributed by atoms with Gasteiger partial charge >= 0.3 is 0 Å². The Bertz CT molecular complexity index is 199. The van der Waals surface area contributed by atoms with Gasteiger partial charge in [0.05, 0.1) is 0 Å². The predicted molar refractivity (Wildman–Crippen MR) is 110 cm³/mol. The average molecular weight is 317 g/mol. The molecular formula is C22H52. The van der Waals surface area contributed by atoms with Crippen molar-refractivity contribution in [1.82, 2.24) is 0 Å². The zero-order valence-corrected chi connectivity index (χ0v) is 18.1. The van der Waals surface area contributed by atoms with Crippen LogP contribution in [0.2, 0.25) is 0 Å². The second-order valence-electron chi connectivity index (χ2n) is 11.5. The summed E-state index contributed by atoms with van der Waals surface area (Å²) in [5, 5.41) is 0. The van der Waals surface area contributed by atoms with E-state index in [1.165, 1.54) is 19.3 Å². The molecule has 0 N–H and O–H groups in total. The Labute approximate surface area is 145 Å². The fourth-order valence-corrected chi connectivity index (χ4v) is 0.750. The molecule has 0 fully saturated rings. The first-order valence-electron chi connectivity index (χ1n) is 8.77. The molecule has 0 amide bonds. The molecule has 0 rings (SSSR count). The quantitative estimate of drug-likeness (QED) is 0.452. The van der Waals surface area contributed by atoms with Gasteiger partial charge < -0.3 is 0 Å². The van der Waals surface area contributed by atoms with E-state index < -0.39 is 0 Å². The first-order valence-corrected chi connectivity index (χ1v) is 8.77. The maximum absolute atomic E-state index is 2.30. The van der Waals surface area contributed by atoms with Crippen LogP contribution in [-0.2, 0) is 0 Å². The summed E-state index contributed by atoms with van der Waals surface area (Å²) in [5.41, 5.74) is 2.06. The van der Waals surface area contributed by atoms with Crippen molar-refractivity contribution in [3.63, 3.8) is 0 Å². The summed E-state index contributed by atoms with van der Waals surface area (Å²) in [7, 11) is 0. The lowest BCUT2D eigenvalue weighted by Crippen LogP contribution is -2.12.